The molecule has 0 fully saturated rings. The highest BCUT2D eigenvalue weighted by molar-refractivity contribution is 6.31. The molecule has 0 saturated heterocycles. The van der Waals surface area contributed by atoms with Crippen molar-refractivity contribution in [2.24, 2.45) is 0 Å². The molecule has 0 atom stereocenters. The van der Waals surface area contributed by atoms with Crippen molar-refractivity contribution in [3.8, 4) is 0 Å². The molecule has 0 aliphatic carbocycles. The van der Waals surface area contributed by atoms with Crippen molar-refractivity contribution in [1.82, 2.24) is 4.98 Å². The number of nitrogens with two attached hydrogens (primary N) is 1. The Morgan fingerprint density at radius 2 is 2.18 bits per heavy atom. The quantitative estimate of drug-likeness (QED) is 0.857. The van der Waals surface area contributed by atoms with Crippen LogP contribution in [0, 0.1) is 0 Å². The zero-order valence-corrected chi connectivity index (χ0v) is 9.61. The van der Waals surface area contributed by atoms with Crippen molar-refractivity contribution in [2.75, 3.05) is 11.1 Å². The van der Waals surface area contributed by atoms with Crippen LogP contribution < -0.4 is 11.1 Å². The first kappa shape index (κ1) is 11.4. The maximum absolute atomic E-state index is 11.9. The first-order valence-corrected chi connectivity index (χ1v) is 5.31. The third-order valence-electron chi connectivity index (χ3n) is 2.18. The standard InChI is InChI=1S/C12H10ClN3O/c13-8-2-1-3-9(6-8)16-12(17)10-4-5-15-7-11(10)14/h1-7H,14H2,(H,16,17). The van der Waals surface area contributed by atoms with E-state index >= 15 is 0 Å². The van der Waals surface area contributed by atoms with Crippen molar-refractivity contribution in [3.05, 3.63) is 53.3 Å². The van der Waals surface area contributed by atoms with Crippen LogP contribution in [0.3, 0.4) is 0 Å². The molecule has 0 aliphatic rings. The van der Waals surface area contributed by atoms with Crippen LogP contribution in [0.4, 0.5) is 11.4 Å². The molecule has 1 amide bonds. The second-order valence-electron chi connectivity index (χ2n) is 3.43. The Morgan fingerprint density at radius 1 is 1.35 bits per heavy atom. The lowest BCUT2D eigenvalue weighted by molar-refractivity contribution is 0.102. The van der Waals surface area contributed by atoms with Gasteiger partial charge in [-0.15, -0.1) is 0 Å². The Kier molecular flexibility index (Phi) is 3.25. The molecular formula is C12H10ClN3O. The molecule has 1 aromatic carbocycles. The number of carbonyl (C=O) groups excluding carboxylic acids is 1. The maximum atomic E-state index is 11.9. The van der Waals surface area contributed by atoms with Crippen LogP contribution in [0.2, 0.25) is 5.02 Å². The van der Waals surface area contributed by atoms with Crippen molar-refractivity contribution >= 4 is 28.9 Å². The molecule has 3 N–H and O–H groups in total. The molecule has 0 saturated carbocycles. The lowest BCUT2D eigenvalue weighted by Gasteiger charge is -2.07. The van der Waals surface area contributed by atoms with Gasteiger partial charge in [0.25, 0.3) is 5.91 Å². The molecule has 2 aromatic rings. The molecule has 1 aromatic heterocycles. The summed E-state index contributed by atoms with van der Waals surface area (Å²) in [6, 6.07) is 8.47. The van der Waals surface area contributed by atoms with Gasteiger partial charge in [0, 0.05) is 16.9 Å². The number of nitrogens with one attached hydrogen (secondary N) is 1. The van der Waals surface area contributed by atoms with E-state index < -0.39 is 0 Å². The van der Waals surface area contributed by atoms with Gasteiger partial charge in [-0.05, 0) is 24.3 Å². The van der Waals surface area contributed by atoms with E-state index in [1.807, 2.05) is 0 Å². The Bertz CT molecular complexity index is 557. The second kappa shape index (κ2) is 4.84. The van der Waals surface area contributed by atoms with Gasteiger partial charge in [-0.25, -0.2) is 0 Å². The minimum Gasteiger partial charge on any atom is -0.397 e. The van der Waals surface area contributed by atoms with Gasteiger partial charge in [-0.2, -0.15) is 0 Å². The number of rotatable bonds is 2. The van der Waals surface area contributed by atoms with E-state index in [1.54, 1.807) is 30.3 Å². The summed E-state index contributed by atoms with van der Waals surface area (Å²) in [7, 11) is 0. The topological polar surface area (TPSA) is 68.0 Å². The lowest BCUT2D eigenvalue weighted by Crippen LogP contribution is -2.14. The van der Waals surface area contributed by atoms with E-state index in [0.29, 0.717) is 22.0 Å². The largest absolute Gasteiger partial charge is 0.397 e. The van der Waals surface area contributed by atoms with Gasteiger partial charge in [0.15, 0.2) is 0 Å². The number of benzene rings is 1. The molecule has 0 aliphatic heterocycles. The summed E-state index contributed by atoms with van der Waals surface area (Å²) < 4.78 is 0. The minimum absolute atomic E-state index is 0.285. The van der Waals surface area contributed by atoms with Crippen LogP contribution >= 0.6 is 11.6 Å². The van der Waals surface area contributed by atoms with Crippen LogP contribution in [0.25, 0.3) is 0 Å². The van der Waals surface area contributed by atoms with Crippen LogP contribution in [0.5, 0.6) is 0 Å². The number of aromatic nitrogens is 1. The van der Waals surface area contributed by atoms with Gasteiger partial charge in [0.1, 0.15) is 0 Å². The molecule has 86 valence electrons. The van der Waals surface area contributed by atoms with Crippen LogP contribution in [0.1, 0.15) is 10.4 Å². The van der Waals surface area contributed by atoms with Crippen molar-refractivity contribution in [1.29, 1.82) is 0 Å². The molecule has 5 heteroatoms. The van der Waals surface area contributed by atoms with E-state index in [-0.39, 0.29) is 5.91 Å². The van der Waals surface area contributed by atoms with Gasteiger partial charge in [-0.1, -0.05) is 17.7 Å². The fourth-order valence-electron chi connectivity index (χ4n) is 1.38. The van der Waals surface area contributed by atoms with Crippen LogP contribution in [0.15, 0.2) is 42.7 Å². The number of anilines is 2. The van der Waals surface area contributed by atoms with Crippen molar-refractivity contribution in [3.63, 3.8) is 0 Å². The summed E-state index contributed by atoms with van der Waals surface area (Å²) in [6.45, 7) is 0. The SMILES string of the molecule is Nc1cnccc1C(=O)Nc1cccc(Cl)c1. The number of carbonyl (C=O) groups is 1. The normalized spacial score (nSPS) is 9.94. The molecule has 4 nitrogen and oxygen atoms in total. The van der Waals surface area contributed by atoms with E-state index in [2.05, 4.69) is 10.3 Å². The van der Waals surface area contributed by atoms with E-state index in [0.717, 1.165) is 0 Å². The van der Waals surface area contributed by atoms with Crippen molar-refractivity contribution in [2.45, 2.75) is 0 Å². The van der Waals surface area contributed by atoms with E-state index in [4.69, 9.17) is 17.3 Å². The van der Waals surface area contributed by atoms with Gasteiger partial charge in [0.2, 0.25) is 0 Å². The average Bonchev–Trinajstić information content (AvgIpc) is 2.29. The first-order valence-electron chi connectivity index (χ1n) is 4.93. The van der Waals surface area contributed by atoms with Crippen LogP contribution in [-0.2, 0) is 0 Å². The monoisotopic (exact) mass is 247 g/mol. The Labute approximate surface area is 103 Å². The van der Waals surface area contributed by atoms with Gasteiger partial charge >= 0.3 is 0 Å². The highest BCUT2D eigenvalue weighted by Gasteiger charge is 2.09. The number of amides is 1. The lowest BCUT2D eigenvalue weighted by atomic mass is 10.2. The molecule has 1 heterocycles. The summed E-state index contributed by atoms with van der Waals surface area (Å²) in [4.78, 5) is 15.7. The Hall–Kier alpha value is -2.07. The predicted octanol–water partition coefficient (Wildman–Crippen LogP) is 2.57. The van der Waals surface area contributed by atoms with E-state index in [1.165, 1.54) is 12.4 Å². The predicted molar refractivity (Wildman–Crippen MR) is 68.1 cm³/mol. The van der Waals surface area contributed by atoms with Gasteiger partial charge in [0.05, 0.1) is 17.4 Å². The Morgan fingerprint density at radius 3 is 2.88 bits per heavy atom. The summed E-state index contributed by atoms with van der Waals surface area (Å²) in [6.07, 6.45) is 2.95. The zero-order valence-electron chi connectivity index (χ0n) is 8.85. The maximum Gasteiger partial charge on any atom is 0.257 e. The molecule has 2 rings (SSSR count). The molecule has 0 spiro atoms. The number of nitrogen functional groups attached to an aromatic ring is 1. The fourth-order valence-corrected chi connectivity index (χ4v) is 1.57. The zero-order chi connectivity index (χ0) is 12.3. The number of halogens is 1. The van der Waals surface area contributed by atoms with Gasteiger partial charge in [-0.3, -0.25) is 9.78 Å². The fraction of sp³-hybridized carbons (Fsp3) is 0. The van der Waals surface area contributed by atoms with E-state index in [9.17, 15) is 4.79 Å². The first-order chi connectivity index (χ1) is 8.16. The highest BCUT2D eigenvalue weighted by Crippen LogP contribution is 2.17. The molecule has 0 bridgehead atoms. The molecular weight excluding hydrogens is 238 g/mol. The number of pyridine rings is 1. The molecule has 0 radical (unpaired) electrons. The minimum atomic E-state index is -0.285. The highest BCUT2D eigenvalue weighted by atomic mass is 35.5. The third-order valence-corrected chi connectivity index (χ3v) is 2.41. The summed E-state index contributed by atoms with van der Waals surface area (Å²) in [5.41, 5.74) is 7.01. The van der Waals surface area contributed by atoms with Gasteiger partial charge < -0.3 is 11.1 Å². The number of hydrogen-bond donors (Lipinski definition) is 2. The Balaban J connectivity index is 2.20. The average molecular weight is 248 g/mol. The summed E-state index contributed by atoms with van der Waals surface area (Å²) in [5.74, 6) is -0.285. The number of nitrogens with zero attached hydrogens (tertiary/aromatic N) is 1. The van der Waals surface area contributed by atoms with Crippen molar-refractivity contribution < 1.29 is 4.79 Å². The van der Waals surface area contributed by atoms with Crippen LogP contribution in [-0.4, -0.2) is 10.9 Å². The second-order valence-corrected chi connectivity index (χ2v) is 3.86. The molecule has 0 unspecified atom stereocenters. The third kappa shape index (κ3) is 2.73. The smallest absolute Gasteiger partial charge is 0.257 e. The summed E-state index contributed by atoms with van der Waals surface area (Å²) in [5, 5.41) is 3.27. The number of hydrogen-bond acceptors (Lipinski definition) is 3. The molecule has 17 heavy (non-hydrogen) atoms. The summed E-state index contributed by atoms with van der Waals surface area (Å²) >= 11 is 5.82.